The number of amides is 1. The lowest BCUT2D eigenvalue weighted by atomic mass is 10.1. The molecule has 3 aromatic carbocycles. The van der Waals surface area contributed by atoms with Crippen LogP contribution in [0.25, 0.3) is 10.8 Å². The van der Waals surface area contributed by atoms with Crippen LogP contribution in [0.1, 0.15) is 50.8 Å². The summed E-state index contributed by atoms with van der Waals surface area (Å²) < 4.78 is 50.1. The molecule has 0 radical (unpaired) electrons. The van der Waals surface area contributed by atoms with Crippen LogP contribution in [0, 0.1) is 0 Å². The number of nitrogens with zero attached hydrogens (tertiary/aromatic N) is 2. The zero-order chi connectivity index (χ0) is 35.0. The highest BCUT2D eigenvalue weighted by molar-refractivity contribution is 8.00. The Morgan fingerprint density at radius 2 is 1.75 bits per heavy atom. The smallest absolute Gasteiger partial charge is 0.490 e. The van der Waals surface area contributed by atoms with Crippen molar-refractivity contribution in [3.05, 3.63) is 84.1 Å². The van der Waals surface area contributed by atoms with E-state index >= 15 is 0 Å². The third kappa shape index (κ3) is 9.93. The molecule has 1 heterocycles. The van der Waals surface area contributed by atoms with E-state index in [0.29, 0.717) is 47.0 Å². The van der Waals surface area contributed by atoms with Crippen LogP contribution in [0.15, 0.2) is 77.8 Å². The summed E-state index contributed by atoms with van der Waals surface area (Å²) in [6.07, 6.45) is -1.86. The number of alkyl halides is 3. The number of carboxylic acids is 1. The summed E-state index contributed by atoms with van der Waals surface area (Å²) >= 11 is 1.90. The minimum absolute atomic E-state index is 0.0204. The number of anilines is 1. The molecule has 1 fully saturated rings. The maximum atomic E-state index is 14.1. The van der Waals surface area contributed by atoms with Gasteiger partial charge < -0.3 is 30.0 Å². The molecule has 0 saturated heterocycles. The Morgan fingerprint density at radius 3 is 2.40 bits per heavy atom. The Hall–Kier alpha value is -4.65. The minimum Gasteiger partial charge on any atom is -0.490 e. The second-order valence-electron chi connectivity index (χ2n) is 11.3. The van der Waals surface area contributed by atoms with Crippen LogP contribution in [0.2, 0.25) is 0 Å². The van der Waals surface area contributed by atoms with E-state index in [2.05, 4.69) is 23.2 Å². The van der Waals surface area contributed by atoms with Crippen LogP contribution >= 0.6 is 11.8 Å². The van der Waals surface area contributed by atoms with Gasteiger partial charge in [-0.1, -0.05) is 24.3 Å². The lowest BCUT2D eigenvalue weighted by Crippen LogP contribution is -2.34. The predicted molar refractivity (Wildman–Crippen MR) is 178 cm³/mol. The highest BCUT2D eigenvalue weighted by Gasteiger charge is 2.38. The summed E-state index contributed by atoms with van der Waals surface area (Å²) in [6, 6.07) is 21.3. The number of aliphatic carboxylic acids is 1. The highest BCUT2D eigenvalue weighted by atomic mass is 32.2. The Bertz CT molecular complexity index is 1730. The zero-order valence-electron chi connectivity index (χ0n) is 27.0. The van der Waals surface area contributed by atoms with Crippen LogP contribution in [0.5, 0.6) is 17.2 Å². The first-order valence-electron chi connectivity index (χ1n) is 15.3. The van der Waals surface area contributed by atoms with Crippen LogP contribution in [0.3, 0.4) is 0 Å². The van der Waals surface area contributed by atoms with Gasteiger partial charge in [0.1, 0.15) is 11.6 Å². The molecule has 48 heavy (non-hydrogen) atoms. The molecule has 1 aliphatic carbocycles. The number of ether oxygens (including phenoxy) is 3. The Kier molecular flexibility index (Phi) is 12.0. The second-order valence-corrected chi connectivity index (χ2v) is 12.6. The molecule has 4 aromatic rings. The molecule has 1 aromatic heterocycles. The number of rotatable bonds is 12. The fourth-order valence-electron chi connectivity index (χ4n) is 4.61. The largest absolute Gasteiger partial charge is 0.490 e. The molecule has 0 spiro atoms. The van der Waals surface area contributed by atoms with Crippen molar-refractivity contribution >= 4 is 40.2 Å². The number of nitrogens with two attached hydrogens (primary N) is 1. The number of benzene rings is 3. The molecule has 1 amide bonds. The molecular weight excluding hydrogens is 647 g/mol. The van der Waals surface area contributed by atoms with Crippen molar-refractivity contribution in [3.63, 3.8) is 0 Å². The minimum atomic E-state index is -5.08. The number of fused-ring (bicyclic) bond motifs is 1. The fourth-order valence-corrected chi connectivity index (χ4v) is 5.78. The molecule has 1 unspecified atom stereocenters. The van der Waals surface area contributed by atoms with E-state index in [0.717, 1.165) is 16.3 Å². The number of nitrogen functional groups attached to an aromatic ring is 1. The number of likely N-dealkylation sites (N-methyl/N-ethyl adjacent to an activating group) is 1. The number of carbonyl (C=O) groups is 2. The van der Waals surface area contributed by atoms with Gasteiger partial charge in [0.2, 0.25) is 6.10 Å². The molecule has 3 N–H and O–H groups in total. The van der Waals surface area contributed by atoms with Gasteiger partial charge in [-0.15, -0.1) is 11.8 Å². The van der Waals surface area contributed by atoms with E-state index in [4.69, 9.17) is 29.8 Å². The molecule has 5 rings (SSSR count). The average Bonchev–Trinajstić information content (AvgIpc) is 3.85. The molecule has 1 atom stereocenters. The van der Waals surface area contributed by atoms with Crippen molar-refractivity contribution < 1.29 is 42.1 Å². The quantitative estimate of drug-likeness (QED) is 0.155. The van der Waals surface area contributed by atoms with E-state index in [1.165, 1.54) is 17.7 Å². The van der Waals surface area contributed by atoms with Crippen molar-refractivity contribution in [1.29, 1.82) is 0 Å². The Labute approximate surface area is 281 Å². The lowest BCUT2D eigenvalue weighted by molar-refractivity contribution is -0.192. The van der Waals surface area contributed by atoms with Gasteiger partial charge in [0.05, 0.1) is 12.7 Å². The second kappa shape index (κ2) is 16.0. The number of hydrogen-bond donors (Lipinski definition) is 2. The number of carboxylic acid groups (broad SMARTS) is 1. The third-order valence-electron chi connectivity index (χ3n) is 6.99. The van der Waals surface area contributed by atoms with E-state index in [1.54, 1.807) is 11.1 Å². The monoisotopic (exact) mass is 685 g/mol. The summed E-state index contributed by atoms with van der Waals surface area (Å²) in [4.78, 5) is 30.2. The molecule has 256 valence electrons. The predicted octanol–water partition coefficient (Wildman–Crippen LogP) is 7.67. The standard InChI is InChI=1S/C33H37N3O4S.C2HF3O2/c1-5-38-29-19-23(10-15-28(29)39-21(2)3)31(40-25-11-14-27-22(18-25)16-17-35-32(27)34)33(37)36(4)20-24-8-6-7-9-30(24)41-26-12-13-26;3-2(4,5)1(6)7/h6-11,14-19,21,26,31H,5,12-13,20H2,1-4H3,(H2,34,35);(H,6,7). The fraction of sp³-hybridized carbons (Fsp3) is 0.343. The number of hydrogen-bond acceptors (Lipinski definition) is 8. The molecular formula is C35H38F3N3O6S. The van der Waals surface area contributed by atoms with E-state index in [-0.39, 0.29) is 12.0 Å². The number of pyridine rings is 1. The third-order valence-corrected chi connectivity index (χ3v) is 8.45. The number of thioether (sulfide) groups is 1. The number of carbonyl (C=O) groups excluding carboxylic acids is 1. The number of halogens is 3. The molecule has 0 bridgehead atoms. The summed E-state index contributed by atoms with van der Waals surface area (Å²) in [5, 5.41) is 9.52. The van der Waals surface area contributed by atoms with Crippen LogP contribution < -0.4 is 19.9 Å². The van der Waals surface area contributed by atoms with Gasteiger partial charge in [-0.3, -0.25) is 4.79 Å². The van der Waals surface area contributed by atoms with Crippen LogP contribution in [-0.2, 0) is 16.1 Å². The Balaban J connectivity index is 0.000000671. The summed E-state index contributed by atoms with van der Waals surface area (Å²) in [7, 11) is 1.82. The van der Waals surface area contributed by atoms with Gasteiger partial charge in [-0.05, 0) is 87.0 Å². The van der Waals surface area contributed by atoms with Gasteiger partial charge in [-0.2, -0.15) is 13.2 Å². The van der Waals surface area contributed by atoms with E-state index in [9.17, 15) is 18.0 Å². The maximum Gasteiger partial charge on any atom is 0.490 e. The van der Waals surface area contributed by atoms with Crippen molar-refractivity contribution in [3.8, 4) is 17.2 Å². The van der Waals surface area contributed by atoms with Crippen molar-refractivity contribution in [2.24, 2.45) is 0 Å². The molecule has 0 aliphatic heterocycles. The van der Waals surface area contributed by atoms with Crippen molar-refractivity contribution in [1.82, 2.24) is 9.88 Å². The highest BCUT2D eigenvalue weighted by Crippen LogP contribution is 2.41. The van der Waals surface area contributed by atoms with Gasteiger partial charge >= 0.3 is 12.1 Å². The molecule has 13 heteroatoms. The lowest BCUT2D eigenvalue weighted by Gasteiger charge is -2.26. The van der Waals surface area contributed by atoms with E-state index < -0.39 is 18.2 Å². The van der Waals surface area contributed by atoms with Gasteiger partial charge in [0, 0.05) is 40.9 Å². The Morgan fingerprint density at radius 1 is 1.04 bits per heavy atom. The first-order valence-corrected chi connectivity index (χ1v) is 16.2. The summed E-state index contributed by atoms with van der Waals surface area (Å²) in [5.74, 6) is -0.708. The van der Waals surface area contributed by atoms with Crippen molar-refractivity contribution in [2.45, 2.75) is 68.7 Å². The van der Waals surface area contributed by atoms with Crippen LogP contribution in [-0.4, -0.2) is 58.1 Å². The van der Waals surface area contributed by atoms with Gasteiger partial charge in [0.15, 0.2) is 11.5 Å². The molecule has 9 nitrogen and oxygen atoms in total. The average molecular weight is 686 g/mol. The van der Waals surface area contributed by atoms with Crippen LogP contribution in [0.4, 0.5) is 19.0 Å². The molecule has 1 saturated carbocycles. The van der Waals surface area contributed by atoms with Gasteiger partial charge in [0.25, 0.3) is 5.91 Å². The van der Waals surface area contributed by atoms with Gasteiger partial charge in [-0.25, -0.2) is 9.78 Å². The number of aromatic nitrogens is 1. The topological polar surface area (TPSA) is 124 Å². The summed E-state index contributed by atoms with van der Waals surface area (Å²) in [6.45, 7) is 6.80. The maximum absolute atomic E-state index is 14.1. The first-order chi connectivity index (χ1) is 22.8. The van der Waals surface area contributed by atoms with Crippen molar-refractivity contribution in [2.75, 3.05) is 19.4 Å². The van der Waals surface area contributed by atoms with E-state index in [1.807, 2.05) is 88.1 Å². The SMILES string of the molecule is CCOc1cc(C(Oc2ccc3c(N)nccc3c2)C(=O)N(C)Cc2ccccc2SC2CC2)ccc1OC(C)C.O=C(O)C(F)(F)F. The summed E-state index contributed by atoms with van der Waals surface area (Å²) in [5.41, 5.74) is 7.86. The zero-order valence-corrected chi connectivity index (χ0v) is 27.8. The molecule has 1 aliphatic rings. The normalized spacial score (nSPS) is 13.3. The first kappa shape index (κ1) is 36.2.